The van der Waals surface area contributed by atoms with Crippen molar-refractivity contribution in [2.75, 3.05) is 0 Å². The summed E-state index contributed by atoms with van der Waals surface area (Å²) in [6.45, 7) is 4.70. The number of hydrogen-bond donors (Lipinski definition) is 0. The fraction of sp³-hybridized carbons (Fsp3) is 0.0750. The van der Waals surface area contributed by atoms with Gasteiger partial charge in [-0.25, -0.2) is 0 Å². The van der Waals surface area contributed by atoms with Gasteiger partial charge in [-0.3, -0.25) is 4.98 Å². The van der Waals surface area contributed by atoms with Crippen molar-refractivity contribution in [3.8, 4) is 44.5 Å². The fourth-order valence-electron chi connectivity index (χ4n) is 7.05. The fourth-order valence-corrected chi connectivity index (χ4v) is 7.05. The van der Waals surface area contributed by atoms with Crippen molar-refractivity contribution in [2.24, 2.45) is 0 Å². The lowest BCUT2D eigenvalue weighted by Crippen LogP contribution is -2.14. The zero-order valence-corrected chi connectivity index (χ0v) is 23.2. The molecule has 0 spiro atoms. The number of aromatic nitrogens is 1. The van der Waals surface area contributed by atoms with Gasteiger partial charge in [-0.1, -0.05) is 129 Å². The molecule has 0 bridgehead atoms. The lowest BCUT2D eigenvalue weighted by molar-refractivity contribution is 0.660. The third kappa shape index (κ3) is 3.52. The molecule has 6 aromatic carbocycles. The van der Waals surface area contributed by atoms with Gasteiger partial charge in [0.2, 0.25) is 0 Å². The number of nitrogens with zero attached hydrogens (tertiary/aromatic N) is 1. The molecule has 1 aliphatic carbocycles. The molecule has 1 heterocycles. The van der Waals surface area contributed by atoms with Gasteiger partial charge < -0.3 is 0 Å². The molecule has 0 unspecified atom stereocenters. The number of pyridine rings is 1. The summed E-state index contributed by atoms with van der Waals surface area (Å²) in [7, 11) is 0. The Morgan fingerprint density at radius 3 is 1.85 bits per heavy atom. The molecule has 1 aromatic heterocycles. The largest absolute Gasteiger partial charge is 0.264 e. The van der Waals surface area contributed by atoms with Crippen LogP contribution in [0.1, 0.15) is 25.0 Å². The summed E-state index contributed by atoms with van der Waals surface area (Å²) in [5.41, 5.74) is 12.9. The van der Waals surface area contributed by atoms with Gasteiger partial charge in [0.1, 0.15) is 0 Å². The van der Waals surface area contributed by atoms with E-state index in [0.717, 1.165) is 0 Å². The SMILES string of the molecule is CC1(C)c2ccccc2-c2ccc(-c3ccccc3-c3c4ccccc4c(-c4ccccc4)c4ccncc34)cc21. The summed E-state index contributed by atoms with van der Waals surface area (Å²) >= 11 is 0. The monoisotopic (exact) mass is 523 g/mol. The molecule has 0 N–H and O–H groups in total. The van der Waals surface area contributed by atoms with Crippen LogP contribution in [0.5, 0.6) is 0 Å². The normalized spacial score (nSPS) is 13.3. The van der Waals surface area contributed by atoms with Crippen LogP contribution in [0.2, 0.25) is 0 Å². The van der Waals surface area contributed by atoms with E-state index in [9.17, 15) is 0 Å². The van der Waals surface area contributed by atoms with Crippen LogP contribution in [0, 0.1) is 0 Å². The maximum Gasteiger partial charge on any atom is 0.0353 e. The first kappa shape index (κ1) is 23.8. The van der Waals surface area contributed by atoms with E-state index < -0.39 is 0 Å². The minimum atomic E-state index is -0.0441. The third-order valence-electron chi connectivity index (χ3n) is 8.98. The Balaban J connectivity index is 1.42. The van der Waals surface area contributed by atoms with E-state index >= 15 is 0 Å². The van der Waals surface area contributed by atoms with Crippen LogP contribution in [-0.2, 0) is 5.41 Å². The summed E-state index contributed by atoms with van der Waals surface area (Å²) in [4.78, 5) is 4.63. The van der Waals surface area contributed by atoms with Crippen molar-refractivity contribution in [1.29, 1.82) is 0 Å². The first-order valence-corrected chi connectivity index (χ1v) is 14.3. The van der Waals surface area contributed by atoms with Gasteiger partial charge in [0.15, 0.2) is 0 Å². The standard InChI is InChI=1S/C40H29N/c1-40(2)36-19-11-10-15-29(36)30-21-20-27(24-37(30)40)28-14-6-7-16-31(28)39-33-18-9-8-17-32(33)38(26-12-4-3-5-13-26)34-22-23-41-25-35(34)39/h3-25H,1-2H3. The van der Waals surface area contributed by atoms with Crippen molar-refractivity contribution in [3.05, 3.63) is 151 Å². The highest BCUT2D eigenvalue weighted by atomic mass is 14.6. The van der Waals surface area contributed by atoms with Gasteiger partial charge >= 0.3 is 0 Å². The molecule has 7 aromatic rings. The molecular weight excluding hydrogens is 494 g/mol. The lowest BCUT2D eigenvalue weighted by Gasteiger charge is -2.23. The summed E-state index contributed by atoms with van der Waals surface area (Å²) in [5.74, 6) is 0. The van der Waals surface area contributed by atoms with Gasteiger partial charge in [-0.15, -0.1) is 0 Å². The second-order valence-corrected chi connectivity index (χ2v) is 11.6. The first-order chi connectivity index (χ1) is 20.1. The molecule has 194 valence electrons. The first-order valence-electron chi connectivity index (χ1n) is 14.3. The van der Waals surface area contributed by atoms with E-state index in [1.54, 1.807) is 0 Å². The Morgan fingerprint density at radius 1 is 0.439 bits per heavy atom. The van der Waals surface area contributed by atoms with E-state index in [-0.39, 0.29) is 5.41 Å². The molecule has 1 heteroatoms. The van der Waals surface area contributed by atoms with Crippen LogP contribution >= 0.6 is 0 Å². The Labute approximate surface area is 240 Å². The van der Waals surface area contributed by atoms with Gasteiger partial charge in [0.05, 0.1) is 0 Å². The molecule has 8 rings (SSSR count). The Morgan fingerprint density at radius 2 is 1.05 bits per heavy atom. The second kappa shape index (κ2) is 9.01. The molecule has 0 atom stereocenters. The summed E-state index contributed by atoms with van der Waals surface area (Å²) in [6, 6.07) is 46.5. The molecular formula is C40H29N. The van der Waals surface area contributed by atoms with Crippen LogP contribution in [-0.4, -0.2) is 4.98 Å². The number of rotatable bonds is 3. The van der Waals surface area contributed by atoms with Crippen LogP contribution in [0.15, 0.2) is 140 Å². The molecule has 1 nitrogen and oxygen atoms in total. The van der Waals surface area contributed by atoms with Crippen molar-refractivity contribution in [1.82, 2.24) is 4.98 Å². The maximum absolute atomic E-state index is 4.63. The van der Waals surface area contributed by atoms with Crippen molar-refractivity contribution in [3.63, 3.8) is 0 Å². The third-order valence-corrected chi connectivity index (χ3v) is 8.98. The van der Waals surface area contributed by atoms with E-state index in [0.29, 0.717) is 0 Å². The minimum Gasteiger partial charge on any atom is -0.264 e. The van der Waals surface area contributed by atoms with E-state index in [1.165, 1.54) is 77.2 Å². The van der Waals surface area contributed by atoms with Crippen molar-refractivity contribution >= 4 is 21.5 Å². The highest BCUT2D eigenvalue weighted by Crippen LogP contribution is 2.51. The summed E-state index contributed by atoms with van der Waals surface area (Å²) < 4.78 is 0. The van der Waals surface area contributed by atoms with Crippen LogP contribution in [0.3, 0.4) is 0 Å². The molecule has 41 heavy (non-hydrogen) atoms. The van der Waals surface area contributed by atoms with E-state index in [4.69, 9.17) is 0 Å². The Kier molecular flexibility index (Phi) is 5.24. The molecule has 0 saturated heterocycles. The lowest BCUT2D eigenvalue weighted by atomic mass is 9.80. The smallest absolute Gasteiger partial charge is 0.0353 e. The maximum atomic E-state index is 4.63. The van der Waals surface area contributed by atoms with E-state index in [2.05, 4.69) is 146 Å². The zero-order valence-electron chi connectivity index (χ0n) is 23.2. The van der Waals surface area contributed by atoms with Gasteiger partial charge in [-0.2, -0.15) is 0 Å². The molecule has 0 radical (unpaired) electrons. The van der Waals surface area contributed by atoms with Crippen LogP contribution in [0.4, 0.5) is 0 Å². The topological polar surface area (TPSA) is 12.9 Å². The Hall–Kier alpha value is -5.01. The summed E-state index contributed by atoms with van der Waals surface area (Å²) in [6.07, 6.45) is 3.96. The van der Waals surface area contributed by atoms with Crippen molar-refractivity contribution in [2.45, 2.75) is 19.3 Å². The molecule has 0 saturated carbocycles. The number of benzene rings is 6. The number of hydrogen-bond acceptors (Lipinski definition) is 1. The average Bonchev–Trinajstić information content (AvgIpc) is 3.26. The van der Waals surface area contributed by atoms with Gasteiger partial charge in [0, 0.05) is 23.2 Å². The van der Waals surface area contributed by atoms with E-state index in [1.807, 2.05) is 12.4 Å². The predicted octanol–water partition coefficient (Wildman–Crippen LogP) is 10.7. The van der Waals surface area contributed by atoms with Crippen LogP contribution in [0.25, 0.3) is 66.1 Å². The average molecular weight is 524 g/mol. The molecule has 0 amide bonds. The zero-order chi connectivity index (χ0) is 27.6. The second-order valence-electron chi connectivity index (χ2n) is 11.6. The highest BCUT2D eigenvalue weighted by molar-refractivity contribution is 6.22. The predicted molar refractivity (Wildman–Crippen MR) is 173 cm³/mol. The Bertz CT molecular complexity index is 2060. The molecule has 0 aliphatic heterocycles. The van der Waals surface area contributed by atoms with Crippen molar-refractivity contribution < 1.29 is 0 Å². The van der Waals surface area contributed by atoms with Crippen LogP contribution < -0.4 is 0 Å². The molecule has 0 fully saturated rings. The van der Waals surface area contributed by atoms with Gasteiger partial charge in [0.25, 0.3) is 0 Å². The highest BCUT2D eigenvalue weighted by Gasteiger charge is 2.35. The minimum absolute atomic E-state index is 0.0441. The summed E-state index contributed by atoms with van der Waals surface area (Å²) in [5, 5.41) is 4.90. The van der Waals surface area contributed by atoms with Gasteiger partial charge in [-0.05, 0) is 83.9 Å². The number of fused-ring (bicyclic) bond motifs is 5. The molecule has 1 aliphatic rings. The quantitative estimate of drug-likeness (QED) is 0.210.